The van der Waals surface area contributed by atoms with E-state index in [0.29, 0.717) is 6.22 Å². The first-order chi connectivity index (χ1) is 3.13. The lowest BCUT2D eigenvalue weighted by Gasteiger charge is -1.89. The minimum absolute atomic E-state index is 0.423. The van der Waals surface area contributed by atoms with Crippen molar-refractivity contribution in [2.24, 2.45) is 0 Å². The molecule has 0 aliphatic heterocycles. The Labute approximate surface area is 63.3 Å². The molecule has 7 heavy (non-hydrogen) atoms. The highest BCUT2D eigenvalue weighted by atomic mass is 35.5. The second-order valence-electron chi connectivity index (χ2n) is 1.02. The van der Waals surface area contributed by atoms with Crippen LogP contribution in [0.4, 0.5) is 0 Å². The Morgan fingerprint density at radius 3 is 1.14 bits per heavy atom. The van der Waals surface area contributed by atoms with E-state index in [1.54, 1.807) is 0 Å². The van der Waals surface area contributed by atoms with Crippen molar-refractivity contribution in [2.45, 2.75) is 6.22 Å². The fourth-order valence-corrected chi connectivity index (χ4v) is 1.21. The van der Waals surface area contributed by atoms with Crippen LogP contribution in [0.15, 0.2) is 0 Å². The molecule has 0 radical (unpaired) electrons. The molecular weight excluding hydrogens is 175 g/mol. The predicted octanol–water partition coefficient (Wildman–Crippen LogP) is 2.46. The highest BCUT2D eigenvalue weighted by Gasteiger charge is 2.14. The maximum absolute atomic E-state index is 5.27. The molecule has 0 unspecified atom stereocenters. The Morgan fingerprint density at radius 1 is 0.857 bits per heavy atom. The van der Waals surface area contributed by atoms with Crippen molar-refractivity contribution in [1.29, 1.82) is 0 Å². The number of rotatable bonds is 2. The summed E-state index contributed by atoms with van der Waals surface area (Å²) in [7, 11) is 0. The minimum atomic E-state index is -0.444. The Balaban J connectivity index is 2.95. The van der Waals surface area contributed by atoms with Gasteiger partial charge in [0, 0.05) is 0 Å². The van der Waals surface area contributed by atoms with Crippen LogP contribution in [-0.2, 0) is 0 Å². The Hall–Kier alpha value is 1.29. The average molecular weight is 177 g/mol. The zero-order chi connectivity index (χ0) is 5.86. The molecule has 0 saturated heterocycles. The standard InChI is InChI=1S/CH2B2Cl4/c4-2(5)1-3(6)7/h1H2. The van der Waals surface area contributed by atoms with Crippen LogP contribution in [0.1, 0.15) is 0 Å². The highest BCUT2D eigenvalue weighted by molar-refractivity contribution is 7.44. The molecule has 40 valence electrons. The summed E-state index contributed by atoms with van der Waals surface area (Å²) in [4.78, 5) is 0. The number of hydrogen-bond donors (Lipinski definition) is 0. The smallest absolute Gasteiger partial charge is 0.172 e. The maximum Gasteiger partial charge on any atom is 0.347 e. The van der Waals surface area contributed by atoms with Gasteiger partial charge in [0.25, 0.3) is 0 Å². The first kappa shape index (κ1) is 8.29. The lowest BCUT2D eigenvalue weighted by molar-refractivity contribution is 2.06. The third-order valence-corrected chi connectivity index (χ3v) is 1.07. The van der Waals surface area contributed by atoms with E-state index >= 15 is 0 Å². The van der Waals surface area contributed by atoms with Crippen molar-refractivity contribution >= 4 is 56.9 Å². The summed E-state index contributed by atoms with van der Waals surface area (Å²) in [6.07, 6.45) is 0.423. The van der Waals surface area contributed by atoms with Gasteiger partial charge in [0.15, 0.2) is 0 Å². The van der Waals surface area contributed by atoms with Crippen molar-refractivity contribution < 1.29 is 0 Å². The summed E-state index contributed by atoms with van der Waals surface area (Å²) in [5.41, 5.74) is -0.889. The molecule has 0 fully saturated rings. The Kier molecular flexibility index (Phi) is 4.97. The molecule has 0 amide bonds. The summed E-state index contributed by atoms with van der Waals surface area (Å²) in [6, 6.07) is 0. The van der Waals surface area contributed by atoms with Gasteiger partial charge in [0.1, 0.15) is 0 Å². The molecule has 0 spiro atoms. The fourth-order valence-electron chi connectivity index (χ4n) is 0.135. The van der Waals surface area contributed by atoms with E-state index in [1.807, 2.05) is 0 Å². The Bertz CT molecular complexity index is 39.0. The van der Waals surface area contributed by atoms with Crippen LogP contribution in [0.25, 0.3) is 0 Å². The molecule has 0 aliphatic rings. The van der Waals surface area contributed by atoms with E-state index in [9.17, 15) is 0 Å². The summed E-state index contributed by atoms with van der Waals surface area (Å²) < 4.78 is 0. The largest absolute Gasteiger partial charge is 0.347 e. The zero-order valence-electron chi connectivity index (χ0n) is 3.37. The van der Waals surface area contributed by atoms with Gasteiger partial charge < -0.3 is 0 Å². The summed E-state index contributed by atoms with van der Waals surface area (Å²) in [5, 5.41) is 0. The van der Waals surface area contributed by atoms with E-state index < -0.39 is 11.1 Å². The highest BCUT2D eigenvalue weighted by Crippen LogP contribution is 2.10. The van der Waals surface area contributed by atoms with Gasteiger partial charge in [-0.3, -0.25) is 0 Å². The topological polar surface area (TPSA) is 0 Å². The van der Waals surface area contributed by atoms with Gasteiger partial charge in [-0.1, -0.05) is 0 Å². The molecule has 0 atom stereocenters. The fraction of sp³-hybridized carbons (Fsp3) is 1.00. The molecule has 0 aliphatic carbocycles. The van der Waals surface area contributed by atoms with E-state index in [2.05, 4.69) is 0 Å². The molecule has 0 saturated carbocycles. The Morgan fingerprint density at radius 2 is 1.14 bits per heavy atom. The van der Waals surface area contributed by atoms with Gasteiger partial charge in [-0.15, -0.1) is 0 Å². The van der Waals surface area contributed by atoms with Gasteiger partial charge >= 0.3 is 11.1 Å². The third-order valence-electron chi connectivity index (χ3n) is 0.356. The second kappa shape index (κ2) is 4.20. The number of hydrogen-bond acceptors (Lipinski definition) is 0. The molecule has 0 bridgehead atoms. The molecule has 6 heteroatoms. The summed E-state index contributed by atoms with van der Waals surface area (Å²) in [5.74, 6) is 0. The van der Waals surface area contributed by atoms with Gasteiger partial charge in [0.05, 0.1) is 0 Å². The predicted molar refractivity (Wildman–Crippen MR) is 39.7 cm³/mol. The maximum atomic E-state index is 5.27. The van der Waals surface area contributed by atoms with Crippen LogP contribution in [0.3, 0.4) is 0 Å². The van der Waals surface area contributed by atoms with Crippen LogP contribution in [0.5, 0.6) is 0 Å². The lowest BCUT2D eigenvalue weighted by Crippen LogP contribution is -2.02. The van der Waals surface area contributed by atoms with Crippen molar-refractivity contribution in [3.8, 4) is 0 Å². The van der Waals surface area contributed by atoms with E-state index in [1.165, 1.54) is 0 Å². The van der Waals surface area contributed by atoms with Crippen LogP contribution >= 0.6 is 45.8 Å². The lowest BCUT2D eigenvalue weighted by atomic mass is 9.82. The first-order valence-corrected chi connectivity index (χ1v) is 3.44. The van der Waals surface area contributed by atoms with E-state index in [0.717, 1.165) is 0 Å². The quantitative estimate of drug-likeness (QED) is 0.569. The van der Waals surface area contributed by atoms with E-state index in [4.69, 9.17) is 45.8 Å². The normalized spacial score (nSPS) is 8.57. The average Bonchev–Trinajstić information content (AvgIpc) is 1.27. The molecule has 0 nitrogen and oxygen atoms in total. The molecule has 0 aromatic rings. The molecule has 0 aromatic heterocycles. The van der Waals surface area contributed by atoms with Crippen molar-refractivity contribution in [3.05, 3.63) is 0 Å². The van der Waals surface area contributed by atoms with E-state index in [-0.39, 0.29) is 0 Å². The van der Waals surface area contributed by atoms with Crippen molar-refractivity contribution in [1.82, 2.24) is 0 Å². The van der Waals surface area contributed by atoms with Crippen molar-refractivity contribution in [2.75, 3.05) is 0 Å². The summed E-state index contributed by atoms with van der Waals surface area (Å²) in [6.45, 7) is 0. The van der Waals surface area contributed by atoms with Crippen LogP contribution in [0.2, 0.25) is 6.22 Å². The van der Waals surface area contributed by atoms with Crippen molar-refractivity contribution in [3.63, 3.8) is 0 Å². The molecule has 0 N–H and O–H groups in total. The van der Waals surface area contributed by atoms with Gasteiger partial charge in [0.2, 0.25) is 0 Å². The van der Waals surface area contributed by atoms with Gasteiger partial charge in [-0.25, -0.2) is 0 Å². The molecule has 0 rings (SSSR count). The summed E-state index contributed by atoms with van der Waals surface area (Å²) >= 11 is 21.1. The number of halogens is 4. The molecule has 0 heterocycles. The SMILES string of the molecule is ClB(Cl)CB(Cl)Cl. The minimum Gasteiger partial charge on any atom is -0.172 e. The molecule has 0 aromatic carbocycles. The van der Waals surface area contributed by atoms with Gasteiger partial charge in [-0.2, -0.15) is 45.8 Å². The van der Waals surface area contributed by atoms with Gasteiger partial charge in [-0.05, 0) is 6.22 Å². The van der Waals surface area contributed by atoms with Crippen LogP contribution in [0, 0.1) is 0 Å². The molecular formula is CH2B2Cl4. The monoisotopic (exact) mass is 176 g/mol. The first-order valence-electron chi connectivity index (χ1n) is 1.69. The van der Waals surface area contributed by atoms with Crippen LogP contribution < -0.4 is 0 Å². The third kappa shape index (κ3) is 7.29. The second-order valence-corrected chi connectivity index (χ2v) is 3.57. The zero-order valence-corrected chi connectivity index (χ0v) is 6.40. The van der Waals surface area contributed by atoms with Crippen LogP contribution in [-0.4, -0.2) is 11.1 Å².